The van der Waals surface area contributed by atoms with E-state index in [0.717, 1.165) is 41.5 Å². The van der Waals surface area contributed by atoms with Gasteiger partial charge in [-0.3, -0.25) is 56.7 Å². The van der Waals surface area contributed by atoms with Crippen LogP contribution < -0.4 is 16.0 Å². The molecule has 3 fully saturated rings. The maximum absolute atomic E-state index is 15.0. The number of amides is 5. The topological polar surface area (TPSA) is 338 Å². The van der Waals surface area contributed by atoms with E-state index >= 15 is 0 Å². The van der Waals surface area contributed by atoms with E-state index in [2.05, 4.69) is 16.0 Å². The summed E-state index contributed by atoms with van der Waals surface area (Å²) in [5.74, 6) is -9.00. The minimum atomic E-state index is -4.91. The molecule has 416 valence electrons. The summed E-state index contributed by atoms with van der Waals surface area (Å²) < 4.78 is 80.5. The molecule has 0 aromatic heterocycles. The monoisotopic (exact) mass is 1090 g/mol. The number of imide groups is 1. The van der Waals surface area contributed by atoms with Gasteiger partial charge in [0.1, 0.15) is 61.9 Å². The van der Waals surface area contributed by atoms with Crippen molar-refractivity contribution in [1.82, 2.24) is 21.0 Å². The molecule has 3 saturated heterocycles. The molecule has 3 aliphatic rings. The molecule has 5 amide bonds. The van der Waals surface area contributed by atoms with Gasteiger partial charge in [-0.1, -0.05) is 60.7 Å². The van der Waals surface area contributed by atoms with Crippen LogP contribution in [0.4, 0.5) is 0 Å². The van der Waals surface area contributed by atoms with E-state index in [9.17, 15) is 52.5 Å². The van der Waals surface area contributed by atoms with Gasteiger partial charge in [-0.05, 0) is 25.0 Å². The van der Waals surface area contributed by atoms with Gasteiger partial charge in [0.15, 0.2) is 24.8 Å². The number of hydroxylamine groups is 2. The Labute approximate surface area is 435 Å². The van der Waals surface area contributed by atoms with E-state index in [0.29, 0.717) is 11.1 Å². The van der Waals surface area contributed by atoms with Crippen LogP contribution in [0.15, 0.2) is 60.7 Å². The van der Waals surface area contributed by atoms with Gasteiger partial charge in [-0.15, -0.1) is 5.06 Å². The number of carbonyl (C=O) groups is 10. The number of rotatable bonds is 24. The summed E-state index contributed by atoms with van der Waals surface area (Å²) in [6.07, 6.45) is -16.2. The molecule has 3 aliphatic heterocycles. The molecule has 0 aliphatic carbocycles. The first-order valence-corrected chi connectivity index (χ1v) is 25.2. The van der Waals surface area contributed by atoms with E-state index in [1.807, 2.05) is 0 Å². The van der Waals surface area contributed by atoms with Crippen molar-refractivity contribution in [2.24, 2.45) is 0 Å². The molecule has 0 spiro atoms. The van der Waals surface area contributed by atoms with Crippen LogP contribution in [0.1, 0.15) is 79.4 Å². The van der Waals surface area contributed by atoms with Crippen LogP contribution in [0.25, 0.3) is 0 Å². The van der Waals surface area contributed by atoms with E-state index < -0.39 is 154 Å². The summed E-state index contributed by atoms with van der Waals surface area (Å²) in [5.41, 5.74) is 1.04. The maximum Gasteiger partial charge on any atom is 0.477 e. The number of nitrogens with one attached hydrogen (secondary N) is 3. The minimum absolute atomic E-state index is 0.208. The van der Waals surface area contributed by atoms with Gasteiger partial charge in [0.2, 0.25) is 17.7 Å². The van der Waals surface area contributed by atoms with Crippen LogP contribution in [0.3, 0.4) is 0 Å². The first-order valence-electron chi connectivity index (χ1n) is 23.7. The van der Waals surface area contributed by atoms with Crippen molar-refractivity contribution >= 4 is 67.2 Å². The van der Waals surface area contributed by atoms with Crippen molar-refractivity contribution in [1.29, 1.82) is 0 Å². The van der Waals surface area contributed by atoms with Gasteiger partial charge in [0.25, 0.3) is 11.8 Å². The van der Waals surface area contributed by atoms with Crippen LogP contribution in [-0.2, 0) is 122 Å². The highest BCUT2D eigenvalue weighted by molar-refractivity contribution is 7.48. The molecule has 27 nitrogen and oxygen atoms in total. The lowest BCUT2D eigenvalue weighted by atomic mass is 9.93. The smallest absolute Gasteiger partial charge is 0.463 e. The molecule has 0 saturated carbocycles. The van der Waals surface area contributed by atoms with E-state index in [1.165, 1.54) is 13.8 Å². The highest BCUT2D eigenvalue weighted by Crippen LogP contribution is 2.53. The van der Waals surface area contributed by atoms with Crippen LogP contribution in [0.5, 0.6) is 0 Å². The molecule has 3 N–H and O–H groups in total. The third-order valence-corrected chi connectivity index (χ3v) is 12.5. The molecule has 12 atom stereocenters. The zero-order valence-electron chi connectivity index (χ0n) is 42.7. The zero-order chi connectivity index (χ0) is 55.9. The summed E-state index contributed by atoms with van der Waals surface area (Å²) in [7, 11) is -4.91. The highest BCUT2D eigenvalue weighted by Gasteiger charge is 2.57. The van der Waals surface area contributed by atoms with Gasteiger partial charge >= 0.3 is 37.7 Å². The van der Waals surface area contributed by atoms with Gasteiger partial charge in [0.05, 0.1) is 13.2 Å². The van der Waals surface area contributed by atoms with Crippen LogP contribution in [0.2, 0.25) is 0 Å². The number of carbonyl (C=O) groups excluding carboxylic acids is 10. The van der Waals surface area contributed by atoms with Gasteiger partial charge in [-0.2, -0.15) is 0 Å². The number of phosphoric ester groups is 1. The fourth-order valence-electron chi connectivity index (χ4n) is 7.80. The van der Waals surface area contributed by atoms with Crippen molar-refractivity contribution in [2.45, 2.75) is 155 Å². The predicted octanol–water partition coefficient (Wildman–Crippen LogP) is 1.26. The summed E-state index contributed by atoms with van der Waals surface area (Å²) in [6, 6.07) is 12.0. The van der Waals surface area contributed by atoms with Crippen molar-refractivity contribution in [2.75, 3.05) is 13.2 Å². The van der Waals surface area contributed by atoms with Gasteiger partial charge < -0.3 is 58.7 Å². The first-order chi connectivity index (χ1) is 35.9. The quantitative estimate of drug-likeness (QED) is 0.0576. The Morgan fingerprint density at radius 2 is 1.09 bits per heavy atom. The molecule has 0 radical (unpaired) electrons. The highest BCUT2D eigenvalue weighted by atomic mass is 31.2. The van der Waals surface area contributed by atoms with Crippen LogP contribution in [0, 0.1) is 0 Å². The largest absolute Gasteiger partial charge is 0.477 e. The lowest BCUT2D eigenvalue weighted by molar-refractivity contribution is -0.332. The van der Waals surface area contributed by atoms with Gasteiger partial charge in [0, 0.05) is 54.4 Å². The molecular weight excluding hydrogens is 1030 g/mol. The van der Waals surface area contributed by atoms with Crippen molar-refractivity contribution in [3.63, 3.8) is 0 Å². The second-order valence-electron chi connectivity index (χ2n) is 17.4. The molecule has 0 bridgehead atoms. The number of hydrogen-bond acceptors (Lipinski definition) is 23. The van der Waals surface area contributed by atoms with E-state index in [4.69, 9.17) is 56.3 Å². The Morgan fingerprint density at radius 3 is 1.57 bits per heavy atom. The molecular formula is C48H61N4O23P. The second-order valence-corrected chi connectivity index (χ2v) is 19.1. The summed E-state index contributed by atoms with van der Waals surface area (Å²) in [6.45, 7) is 6.51. The summed E-state index contributed by atoms with van der Waals surface area (Å²) in [5, 5.41) is 7.79. The predicted molar refractivity (Wildman–Crippen MR) is 252 cm³/mol. The van der Waals surface area contributed by atoms with Crippen LogP contribution >= 0.6 is 7.82 Å². The number of hydrogen-bond donors (Lipinski definition) is 3. The Morgan fingerprint density at radius 1 is 0.632 bits per heavy atom. The molecule has 76 heavy (non-hydrogen) atoms. The zero-order valence-corrected chi connectivity index (χ0v) is 43.6. The molecule has 2 aromatic rings. The van der Waals surface area contributed by atoms with Crippen molar-refractivity contribution in [3.05, 3.63) is 71.8 Å². The Hall–Kier alpha value is -6.71. The first kappa shape index (κ1) is 60.2. The fourth-order valence-corrected chi connectivity index (χ4v) is 9.04. The SMILES string of the molecule is CC(=O)N[C@H]1[C@H](O[C@H]2[C@H](O[C@H](C)C(=O)N[C@@H](C)C(=O)ON3C(=O)CCC3=O)[C@@H](NC(C)=O)[C@@H](OP(=O)(OCc3ccccc3)OCc3ccccc3)O[C@@H]2COC(C)=O)O[C@H](COC(C)=O)[C@@H](OC(C)=O)[C@@H]1OC(C)=O. The standard InChI is InChI=1S/C48H61N4O23P/c1-25(46(62)74-52-37(59)19-20-38(52)60)49-45(61)26(2)68-43-40(51-28(4)54)48(75-76(63,66-21-33-15-11-9-12-16-33)67-22-34-17-13-10-14-18-34)72-36(24-65-30(6)56)42(43)73-47-39(50-27(3)53)44(70-32(8)58)41(69-31(7)57)35(71-47)23-64-29(5)55/h9-18,25-26,35-36,39-44,47-48H,19-24H2,1-8H3,(H,49,61)(H,50,53)(H,51,54)/t25-,26+,35+,36+,39+,40+,41+,42+,43+,44+,47-,48+/m0/s1. The van der Waals surface area contributed by atoms with Gasteiger partial charge in [-0.25, -0.2) is 9.36 Å². The number of benzene rings is 2. The third kappa shape index (κ3) is 17.7. The third-order valence-electron chi connectivity index (χ3n) is 11.2. The average molecular weight is 1090 g/mol. The number of ether oxygens (including phenoxy) is 8. The molecule has 3 heterocycles. The fraction of sp³-hybridized carbons (Fsp3) is 0.542. The minimum Gasteiger partial charge on any atom is -0.463 e. The molecule has 0 unspecified atom stereocenters. The molecule has 2 aromatic carbocycles. The van der Waals surface area contributed by atoms with Crippen LogP contribution in [-0.4, -0.2) is 151 Å². The number of phosphoric acid groups is 1. The van der Waals surface area contributed by atoms with Crippen molar-refractivity contribution < 1.29 is 109 Å². The molecule has 5 rings (SSSR count). The average Bonchev–Trinajstić information content (AvgIpc) is 3.68. The maximum atomic E-state index is 15.0. The summed E-state index contributed by atoms with van der Waals surface area (Å²) in [4.78, 5) is 133. The second kappa shape index (κ2) is 27.9. The lowest BCUT2D eigenvalue weighted by Gasteiger charge is -2.50. The lowest BCUT2D eigenvalue weighted by Crippen LogP contribution is -2.70. The van der Waals surface area contributed by atoms with E-state index in [1.54, 1.807) is 60.7 Å². The van der Waals surface area contributed by atoms with E-state index in [-0.39, 0.29) is 31.1 Å². The number of esters is 4. The Bertz CT molecular complexity index is 2400. The van der Waals surface area contributed by atoms with Crippen molar-refractivity contribution in [3.8, 4) is 0 Å². The number of nitrogens with zero attached hydrogens (tertiary/aromatic N) is 1. The summed E-state index contributed by atoms with van der Waals surface area (Å²) >= 11 is 0. The molecule has 28 heteroatoms. The Kier molecular flexibility index (Phi) is 22.1. The normalized spacial score (nSPS) is 25.2. The Balaban J connectivity index is 1.63.